The highest BCUT2D eigenvalue weighted by molar-refractivity contribution is 5.76. The number of rotatable bonds is 7. The number of carbonyl (C=O) groups excluding carboxylic acids is 1. The molecule has 0 spiro atoms. The minimum Gasteiger partial charge on any atom is -0.341 e. The third kappa shape index (κ3) is 4.66. The quantitative estimate of drug-likeness (QED) is 0.776. The van der Waals surface area contributed by atoms with Crippen molar-refractivity contribution in [3.05, 3.63) is 52.6 Å². The van der Waals surface area contributed by atoms with E-state index in [2.05, 4.69) is 11.2 Å². The molecule has 0 aliphatic rings. The van der Waals surface area contributed by atoms with E-state index >= 15 is 0 Å². The second kappa shape index (κ2) is 8.43. The second-order valence-electron chi connectivity index (χ2n) is 6.12. The molecule has 0 fully saturated rings. The van der Waals surface area contributed by atoms with Gasteiger partial charge in [-0.15, -0.1) is 0 Å². The van der Waals surface area contributed by atoms with Gasteiger partial charge in [-0.2, -0.15) is 10.4 Å². The number of amides is 1. The molecule has 0 unspecified atom stereocenters. The van der Waals surface area contributed by atoms with Crippen molar-refractivity contribution in [3.63, 3.8) is 0 Å². The van der Waals surface area contributed by atoms with Crippen LogP contribution >= 0.6 is 0 Å². The van der Waals surface area contributed by atoms with E-state index in [-0.39, 0.29) is 18.3 Å². The summed E-state index contributed by atoms with van der Waals surface area (Å²) < 4.78 is 15.5. The molecule has 0 saturated heterocycles. The van der Waals surface area contributed by atoms with Gasteiger partial charge in [-0.25, -0.2) is 4.39 Å². The smallest absolute Gasteiger partial charge is 0.222 e. The molecule has 0 N–H and O–H groups in total. The van der Waals surface area contributed by atoms with Crippen molar-refractivity contribution in [3.8, 4) is 6.07 Å². The van der Waals surface area contributed by atoms with E-state index in [9.17, 15) is 9.18 Å². The van der Waals surface area contributed by atoms with Crippen LogP contribution in [0.2, 0.25) is 0 Å². The average molecular weight is 342 g/mol. The van der Waals surface area contributed by atoms with Crippen LogP contribution in [0.5, 0.6) is 0 Å². The third-order valence-corrected chi connectivity index (χ3v) is 4.35. The maximum Gasteiger partial charge on any atom is 0.222 e. The van der Waals surface area contributed by atoms with Gasteiger partial charge in [0.1, 0.15) is 5.82 Å². The Hall–Kier alpha value is -2.68. The van der Waals surface area contributed by atoms with E-state index in [4.69, 9.17) is 5.26 Å². The number of carbonyl (C=O) groups is 1. The Balaban J connectivity index is 1.97. The highest BCUT2D eigenvalue weighted by atomic mass is 19.1. The number of nitrogens with zero attached hydrogens (tertiary/aromatic N) is 4. The van der Waals surface area contributed by atoms with Gasteiger partial charge in [0.2, 0.25) is 5.91 Å². The largest absolute Gasteiger partial charge is 0.341 e. The lowest BCUT2D eigenvalue weighted by Gasteiger charge is -2.17. The zero-order valence-corrected chi connectivity index (χ0v) is 14.9. The monoisotopic (exact) mass is 342 g/mol. The topological polar surface area (TPSA) is 61.9 Å². The van der Waals surface area contributed by atoms with Crippen molar-refractivity contribution < 1.29 is 9.18 Å². The number of halogens is 1. The van der Waals surface area contributed by atoms with Crippen LogP contribution < -0.4 is 0 Å². The number of aryl methyl sites for hydroxylation is 2. The van der Waals surface area contributed by atoms with Gasteiger partial charge < -0.3 is 4.90 Å². The predicted molar refractivity (Wildman–Crippen MR) is 93.1 cm³/mol. The first-order valence-corrected chi connectivity index (χ1v) is 8.31. The normalized spacial score (nSPS) is 10.5. The SMILES string of the molecule is Cc1nn(CCC#N)c(C)c1CCC(=O)N(C)Cc1ccccc1F. The first-order chi connectivity index (χ1) is 11.9. The minimum absolute atomic E-state index is 0.0353. The van der Waals surface area contributed by atoms with Gasteiger partial charge in [-0.05, 0) is 31.9 Å². The minimum atomic E-state index is -0.299. The fourth-order valence-electron chi connectivity index (χ4n) is 2.86. The molecule has 1 heterocycles. The van der Waals surface area contributed by atoms with Crippen LogP contribution in [0.15, 0.2) is 24.3 Å². The second-order valence-corrected chi connectivity index (χ2v) is 6.12. The summed E-state index contributed by atoms with van der Waals surface area (Å²) in [6.45, 7) is 4.69. The Labute approximate surface area is 147 Å². The van der Waals surface area contributed by atoms with Crippen LogP contribution in [0.1, 0.15) is 35.4 Å². The van der Waals surface area contributed by atoms with E-state index in [1.54, 1.807) is 30.1 Å². The van der Waals surface area contributed by atoms with Crippen LogP contribution in [0.4, 0.5) is 4.39 Å². The Bertz CT molecular complexity index is 791. The Morgan fingerprint density at radius 3 is 2.76 bits per heavy atom. The van der Waals surface area contributed by atoms with Crippen LogP contribution in [-0.4, -0.2) is 27.6 Å². The molecule has 1 aromatic heterocycles. The number of nitriles is 1. The van der Waals surface area contributed by atoms with Crippen LogP contribution in [0.3, 0.4) is 0 Å². The zero-order valence-electron chi connectivity index (χ0n) is 14.9. The average Bonchev–Trinajstić information content (AvgIpc) is 2.86. The van der Waals surface area contributed by atoms with Crippen LogP contribution in [0.25, 0.3) is 0 Å². The number of aromatic nitrogens is 2. The highest BCUT2D eigenvalue weighted by Crippen LogP contribution is 2.17. The van der Waals surface area contributed by atoms with Crippen molar-refractivity contribution in [1.29, 1.82) is 5.26 Å². The molecule has 1 aromatic carbocycles. The lowest BCUT2D eigenvalue weighted by atomic mass is 10.1. The lowest BCUT2D eigenvalue weighted by molar-refractivity contribution is -0.130. The van der Waals surface area contributed by atoms with Crippen molar-refractivity contribution >= 4 is 5.91 Å². The zero-order chi connectivity index (χ0) is 18.4. The first kappa shape index (κ1) is 18.7. The maximum atomic E-state index is 13.7. The molecule has 0 aliphatic heterocycles. The van der Waals surface area contributed by atoms with Crippen molar-refractivity contribution in [2.45, 2.75) is 46.2 Å². The maximum absolute atomic E-state index is 13.7. The highest BCUT2D eigenvalue weighted by Gasteiger charge is 2.16. The fraction of sp³-hybridized carbons (Fsp3) is 0.421. The predicted octanol–water partition coefficient (Wildman–Crippen LogP) is 3.14. The Morgan fingerprint density at radius 1 is 1.36 bits per heavy atom. The van der Waals surface area contributed by atoms with Gasteiger partial charge in [-0.3, -0.25) is 9.48 Å². The molecule has 0 bridgehead atoms. The molecule has 132 valence electrons. The first-order valence-electron chi connectivity index (χ1n) is 8.31. The molecule has 0 aliphatic carbocycles. The van der Waals surface area contributed by atoms with E-state index in [0.29, 0.717) is 31.4 Å². The summed E-state index contributed by atoms with van der Waals surface area (Å²) in [6.07, 6.45) is 1.34. The molecular weight excluding hydrogens is 319 g/mol. The van der Waals surface area contributed by atoms with Gasteiger partial charge in [0.25, 0.3) is 0 Å². The Morgan fingerprint density at radius 2 is 2.08 bits per heavy atom. The van der Waals surface area contributed by atoms with Gasteiger partial charge in [-0.1, -0.05) is 18.2 Å². The molecule has 0 radical (unpaired) electrons. The standard InChI is InChI=1S/C19H23FN4O/c1-14-17(15(2)24(22-14)12-6-11-21)9-10-19(25)23(3)13-16-7-4-5-8-18(16)20/h4-5,7-8H,6,9-10,12-13H2,1-3H3. The summed E-state index contributed by atoms with van der Waals surface area (Å²) in [5, 5.41) is 13.1. The molecule has 0 saturated carbocycles. The third-order valence-electron chi connectivity index (χ3n) is 4.35. The van der Waals surface area contributed by atoms with E-state index < -0.39 is 0 Å². The molecule has 2 rings (SSSR count). The molecule has 6 heteroatoms. The van der Waals surface area contributed by atoms with E-state index in [1.165, 1.54) is 6.07 Å². The summed E-state index contributed by atoms with van der Waals surface area (Å²) in [5.41, 5.74) is 3.44. The van der Waals surface area contributed by atoms with Crippen molar-refractivity contribution in [2.75, 3.05) is 7.05 Å². The summed E-state index contributed by atoms with van der Waals surface area (Å²) in [5.74, 6) is -0.334. The van der Waals surface area contributed by atoms with Gasteiger partial charge in [0.05, 0.1) is 24.7 Å². The number of hydrogen-bond acceptors (Lipinski definition) is 3. The molecule has 25 heavy (non-hydrogen) atoms. The molecular formula is C19H23FN4O. The molecule has 5 nitrogen and oxygen atoms in total. The molecule has 1 amide bonds. The van der Waals surface area contributed by atoms with Crippen LogP contribution in [0, 0.1) is 31.0 Å². The van der Waals surface area contributed by atoms with Crippen molar-refractivity contribution in [1.82, 2.24) is 14.7 Å². The van der Waals surface area contributed by atoms with Gasteiger partial charge >= 0.3 is 0 Å². The van der Waals surface area contributed by atoms with Crippen molar-refractivity contribution in [2.24, 2.45) is 0 Å². The van der Waals surface area contributed by atoms with Gasteiger partial charge in [0, 0.05) is 31.3 Å². The van der Waals surface area contributed by atoms with Crippen LogP contribution in [-0.2, 0) is 24.3 Å². The lowest BCUT2D eigenvalue weighted by Crippen LogP contribution is -2.26. The molecule has 0 atom stereocenters. The summed E-state index contributed by atoms with van der Waals surface area (Å²) in [6, 6.07) is 8.60. The molecule has 2 aromatic rings. The summed E-state index contributed by atoms with van der Waals surface area (Å²) in [7, 11) is 1.69. The Kier molecular flexibility index (Phi) is 6.29. The fourth-order valence-corrected chi connectivity index (χ4v) is 2.86. The van der Waals surface area contributed by atoms with E-state index in [1.807, 2.05) is 18.5 Å². The number of hydrogen-bond donors (Lipinski definition) is 0. The summed E-state index contributed by atoms with van der Waals surface area (Å²) in [4.78, 5) is 13.9. The number of benzene rings is 1. The van der Waals surface area contributed by atoms with E-state index in [0.717, 1.165) is 17.0 Å². The van der Waals surface area contributed by atoms with Gasteiger partial charge in [0.15, 0.2) is 0 Å². The summed E-state index contributed by atoms with van der Waals surface area (Å²) >= 11 is 0.